The normalized spacial score (nSPS) is 14.5. The van der Waals surface area contributed by atoms with Crippen molar-refractivity contribution in [2.24, 2.45) is 0 Å². The summed E-state index contributed by atoms with van der Waals surface area (Å²) in [6.07, 6.45) is 5.62. The van der Waals surface area contributed by atoms with Crippen LogP contribution >= 0.6 is 10.0 Å². The van der Waals surface area contributed by atoms with Crippen LogP contribution in [0.15, 0.2) is 24.3 Å². The van der Waals surface area contributed by atoms with E-state index in [0.717, 1.165) is 18.6 Å². The van der Waals surface area contributed by atoms with E-state index in [9.17, 15) is 9.90 Å². The molecule has 29 heavy (non-hydrogen) atoms. The van der Waals surface area contributed by atoms with Crippen molar-refractivity contribution in [2.75, 3.05) is 6.61 Å². The Balaban J connectivity index is 3.25. The van der Waals surface area contributed by atoms with E-state index in [2.05, 4.69) is 60.6 Å². The minimum atomic E-state index is -1.09. The first-order chi connectivity index (χ1) is 13.3. The van der Waals surface area contributed by atoms with Crippen LogP contribution < -0.4 is 0 Å². The molecule has 1 atom stereocenters. The van der Waals surface area contributed by atoms with Gasteiger partial charge >= 0.3 is 5.97 Å². The quantitative estimate of drug-likeness (QED) is 0.319. The smallest absolute Gasteiger partial charge is 0.302 e. The fourth-order valence-electron chi connectivity index (χ4n) is 4.88. The number of carbonyl (C=O) groups is 1. The summed E-state index contributed by atoms with van der Waals surface area (Å²) in [6.45, 7) is 18.9. The summed E-state index contributed by atoms with van der Waals surface area (Å²) in [6, 6.07) is 7.83. The lowest BCUT2D eigenvalue weighted by atomic mass is 10.1. The van der Waals surface area contributed by atoms with Crippen LogP contribution in [0.5, 0.6) is 5.75 Å². The third-order valence-corrected chi connectivity index (χ3v) is 12.7. The van der Waals surface area contributed by atoms with Gasteiger partial charge in [-0.25, -0.2) is 10.0 Å². The highest BCUT2D eigenvalue weighted by Crippen LogP contribution is 2.73. The zero-order valence-corrected chi connectivity index (χ0v) is 20.8. The topological polar surface area (TPSA) is 46.5 Å². The number of phenols is 1. The Morgan fingerprint density at radius 2 is 1.55 bits per heavy atom. The molecule has 0 bridgehead atoms. The maximum absolute atomic E-state index is 11.1. The molecule has 0 radical (unpaired) electrons. The highest BCUT2D eigenvalue weighted by Gasteiger charge is 2.49. The third kappa shape index (κ3) is 6.94. The molecule has 168 valence electrons. The lowest BCUT2D eigenvalue weighted by Gasteiger charge is -2.64. The summed E-state index contributed by atoms with van der Waals surface area (Å²) in [5.41, 5.74) is 1.32. The second kappa shape index (κ2) is 10.7. The Morgan fingerprint density at radius 3 is 2.00 bits per heavy atom. The fourth-order valence-corrected chi connectivity index (χ4v) is 11.7. The number of ether oxygens (including phenoxy) is 1. The molecule has 1 unspecified atom stereocenters. The van der Waals surface area contributed by atoms with Gasteiger partial charge in [-0.3, -0.25) is 4.79 Å². The molecule has 0 amide bonds. The van der Waals surface area contributed by atoms with E-state index in [4.69, 9.17) is 4.74 Å². The summed E-state index contributed by atoms with van der Waals surface area (Å²) < 4.78 is 5.54. The molecule has 3 nitrogen and oxygen atoms in total. The first-order valence-electron chi connectivity index (χ1n) is 11.1. The molecule has 1 aromatic carbocycles. The van der Waals surface area contributed by atoms with Crippen molar-refractivity contribution >= 4 is 16.0 Å². The minimum absolute atomic E-state index is 0.188. The molecule has 0 fully saturated rings. The number of aromatic hydroxyl groups is 1. The zero-order valence-electron chi connectivity index (χ0n) is 20.0. The monoisotopic (exact) mass is 424 g/mol. The van der Waals surface area contributed by atoms with E-state index in [1.54, 1.807) is 0 Å². The Hall–Kier alpha value is -1.16. The Morgan fingerprint density at radius 1 is 1.00 bits per heavy atom. The summed E-state index contributed by atoms with van der Waals surface area (Å²) >= 11 is 0. The second-order valence-electron chi connectivity index (χ2n) is 10.1. The first kappa shape index (κ1) is 25.9. The molecule has 0 saturated carbocycles. The average Bonchev–Trinajstić information content (AvgIpc) is 2.57. The Kier molecular flexibility index (Phi) is 9.59. The molecule has 0 aliphatic carbocycles. The molecule has 0 aromatic heterocycles. The van der Waals surface area contributed by atoms with Crippen molar-refractivity contribution < 1.29 is 14.6 Å². The molecule has 0 saturated heterocycles. The van der Waals surface area contributed by atoms with Crippen molar-refractivity contribution in [3.05, 3.63) is 29.8 Å². The van der Waals surface area contributed by atoms with E-state index in [-0.39, 0.29) is 15.5 Å². The van der Waals surface area contributed by atoms with Gasteiger partial charge in [0.25, 0.3) is 0 Å². The van der Waals surface area contributed by atoms with Gasteiger partial charge in [-0.15, -0.1) is 0 Å². The predicted octanol–water partition coefficient (Wildman–Crippen LogP) is 7.20. The summed E-state index contributed by atoms with van der Waals surface area (Å²) in [7, 11) is -1.09. The first-order valence-corrected chi connectivity index (χ1v) is 12.9. The van der Waals surface area contributed by atoms with Crippen molar-refractivity contribution in [3.8, 4) is 5.75 Å². The molecule has 0 aliphatic heterocycles. The highest BCUT2D eigenvalue weighted by molar-refractivity contribution is 8.35. The van der Waals surface area contributed by atoms with Crippen LogP contribution in [0.4, 0.5) is 0 Å². The maximum atomic E-state index is 11.1. The van der Waals surface area contributed by atoms with E-state index in [1.807, 2.05) is 12.1 Å². The van der Waals surface area contributed by atoms with E-state index >= 15 is 0 Å². The van der Waals surface area contributed by atoms with E-state index < -0.39 is 10.0 Å². The van der Waals surface area contributed by atoms with Gasteiger partial charge in [-0.05, 0) is 58.1 Å². The number of carbonyl (C=O) groups excluding carboxylic acids is 1. The Bertz CT molecular complexity index is 609. The lowest BCUT2D eigenvalue weighted by Crippen LogP contribution is -2.46. The molecule has 4 heteroatoms. The van der Waals surface area contributed by atoms with Gasteiger partial charge in [0.15, 0.2) is 0 Å². The number of esters is 1. The molecule has 0 aliphatic rings. The largest absolute Gasteiger partial charge is 0.508 e. The number of rotatable bonds is 10. The molecule has 0 spiro atoms. The van der Waals surface area contributed by atoms with Crippen LogP contribution in [-0.4, -0.2) is 32.4 Å². The fraction of sp³-hybridized carbons (Fsp3) is 0.720. The second-order valence-corrected chi connectivity index (χ2v) is 15.1. The number of unbranched alkanes of at least 4 members (excludes halogenated alkanes) is 1. The van der Waals surface area contributed by atoms with E-state index in [0.29, 0.717) is 17.6 Å². The number of hydrogen-bond acceptors (Lipinski definition) is 3. The molecular weight excluding hydrogens is 380 g/mol. The van der Waals surface area contributed by atoms with Crippen LogP contribution in [0.1, 0.15) is 93.1 Å². The standard InChI is InChI=1S/C25H44O3S/c1-9-12-23(13-10-11-18-28-20(2)26)29(24(3,4)5,25(6,7)8)19-21-14-16-22(27)17-15-21/h14-17,23,27H,9-13,18-19H2,1-8H3. The van der Waals surface area contributed by atoms with Crippen LogP contribution in [0.3, 0.4) is 0 Å². The van der Waals surface area contributed by atoms with Crippen LogP contribution in [0.2, 0.25) is 0 Å². The van der Waals surface area contributed by atoms with Gasteiger partial charge in [0.1, 0.15) is 5.75 Å². The summed E-state index contributed by atoms with van der Waals surface area (Å²) in [5, 5.41) is 10.4. The summed E-state index contributed by atoms with van der Waals surface area (Å²) in [4.78, 5) is 11.1. The number of hydrogen-bond donors (Lipinski definition) is 1. The molecule has 0 heterocycles. The molecule has 1 rings (SSSR count). The molecular formula is C25H44O3S. The van der Waals surface area contributed by atoms with Crippen molar-refractivity contribution in [2.45, 2.75) is 108 Å². The maximum Gasteiger partial charge on any atom is 0.302 e. The predicted molar refractivity (Wildman–Crippen MR) is 128 cm³/mol. The highest BCUT2D eigenvalue weighted by atomic mass is 32.3. The minimum Gasteiger partial charge on any atom is -0.508 e. The van der Waals surface area contributed by atoms with Crippen LogP contribution in [-0.2, 0) is 15.3 Å². The summed E-state index contributed by atoms with van der Waals surface area (Å²) in [5.74, 6) is 1.22. The van der Waals surface area contributed by atoms with Gasteiger partial charge in [0.2, 0.25) is 0 Å². The van der Waals surface area contributed by atoms with Crippen LogP contribution in [0.25, 0.3) is 0 Å². The lowest BCUT2D eigenvalue weighted by molar-refractivity contribution is -0.141. The molecule has 1 aromatic rings. The van der Waals surface area contributed by atoms with Gasteiger partial charge in [0.05, 0.1) is 6.61 Å². The third-order valence-electron chi connectivity index (χ3n) is 5.92. The number of phenolic OH excluding ortho intramolecular Hbond substituents is 1. The van der Waals surface area contributed by atoms with E-state index in [1.165, 1.54) is 31.7 Å². The van der Waals surface area contributed by atoms with Crippen molar-refractivity contribution in [1.29, 1.82) is 0 Å². The van der Waals surface area contributed by atoms with Gasteiger partial charge in [-0.1, -0.05) is 67.0 Å². The molecule has 1 N–H and O–H groups in total. The van der Waals surface area contributed by atoms with Crippen molar-refractivity contribution in [3.63, 3.8) is 0 Å². The van der Waals surface area contributed by atoms with Gasteiger partial charge < -0.3 is 9.84 Å². The van der Waals surface area contributed by atoms with Crippen molar-refractivity contribution in [1.82, 2.24) is 0 Å². The van der Waals surface area contributed by atoms with Gasteiger partial charge in [0, 0.05) is 12.7 Å². The average molecular weight is 425 g/mol. The SMILES string of the molecule is CCCC(CCCCOC(C)=O)S(Cc1ccc(O)cc1)(C(C)(C)C)C(C)(C)C. The Labute approximate surface area is 180 Å². The number of benzene rings is 1. The zero-order chi connectivity index (χ0) is 22.3. The van der Waals surface area contributed by atoms with Gasteiger partial charge in [-0.2, -0.15) is 0 Å². The van der Waals surface area contributed by atoms with Crippen LogP contribution in [0, 0.1) is 0 Å².